The van der Waals surface area contributed by atoms with E-state index in [2.05, 4.69) is 0 Å². The summed E-state index contributed by atoms with van der Waals surface area (Å²) < 4.78 is 0. The van der Waals surface area contributed by atoms with Gasteiger partial charge in [-0.3, -0.25) is 0 Å². The number of hydrogen-bond acceptors (Lipinski definition) is 18. The fraction of sp³-hybridized carbons (Fsp3) is 0.667. The van der Waals surface area contributed by atoms with Crippen LogP contribution in [0, 0.1) is 0 Å². The van der Waals surface area contributed by atoms with Crippen molar-refractivity contribution in [3.63, 3.8) is 0 Å². The molecule has 0 saturated carbocycles. The maximum atomic E-state index is 9.50. The van der Waals surface area contributed by atoms with E-state index in [1.54, 1.807) is 0 Å². The van der Waals surface area contributed by atoms with Crippen LogP contribution in [0.5, 0.6) is 0 Å². The summed E-state index contributed by atoms with van der Waals surface area (Å²) in [6.07, 6.45) is -2.82. The molecule has 226 valence electrons. The summed E-state index contributed by atoms with van der Waals surface area (Å²) in [4.78, 5) is 57.0. The van der Waals surface area contributed by atoms with E-state index in [0.29, 0.717) is 39.3 Å². The fourth-order valence-electron chi connectivity index (χ4n) is 0.612. The molecule has 0 aliphatic heterocycles. The number of carbonyl (C=O) groups is 6. The molecule has 20 heteroatoms. The second kappa shape index (κ2) is 51.3. The molecule has 2 radical (unpaired) electrons. The average Bonchev–Trinajstić information content (AvgIpc) is 2.81. The summed E-state index contributed by atoms with van der Waals surface area (Å²) >= 11 is 0. The van der Waals surface area contributed by atoms with Crippen LogP contribution in [0.2, 0.25) is 0 Å². The Bertz CT molecular complexity index is 452. The van der Waals surface area contributed by atoms with Crippen LogP contribution in [0.4, 0.5) is 0 Å². The van der Waals surface area contributed by atoms with E-state index in [1.165, 1.54) is 0 Å². The molecule has 0 rings (SSSR count). The largest absolute Gasteiger partial charge is 3.00 e. The first-order valence-corrected chi connectivity index (χ1v) is 10.0. The van der Waals surface area contributed by atoms with E-state index < -0.39 is 74.3 Å². The molecule has 0 fully saturated rings. The Labute approximate surface area is 241 Å². The average molecular weight is 640 g/mol. The molecule has 0 aromatic heterocycles. The zero-order valence-electron chi connectivity index (χ0n) is 20.6. The van der Waals surface area contributed by atoms with Crippen LogP contribution in [0.15, 0.2) is 0 Å². The van der Waals surface area contributed by atoms with Crippen molar-refractivity contribution in [2.45, 2.75) is 38.5 Å². The maximum absolute atomic E-state index is 9.50. The molecule has 0 atom stereocenters. The molecule has 38 heavy (non-hydrogen) atoms. The minimum Gasteiger partial charge on any atom is -0.550 e. The monoisotopic (exact) mass is 640 g/mol. The van der Waals surface area contributed by atoms with E-state index in [-0.39, 0.29) is 34.1 Å². The first kappa shape index (κ1) is 56.0. The van der Waals surface area contributed by atoms with Gasteiger partial charge in [-0.15, -0.1) is 0 Å². The number of hydrogen-bond donors (Lipinski definition) is 6. The minimum atomic E-state index is -1.37. The summed E-state index contributed by atoms with van der Waals surface area (Å²) in [6.45, 7) is 3.58. The predicted molar refractivity (Wildman–Crippen MR) is 112 cm³/mol. The van der Waals surface area contributed by atoms with Gasteiger partial charge in [0.1, 0.15) is 0 Å². The van der Waals surface area contributed by atoms with Crippen LogP contribution in [-0.2, 0) is 62.9 Å². The molecule has 0 heterocycles. The molecule has 0 unspecified atom stereocenters. The van der Waals surface area contributed by atoms with Crippen molar-refractivity contribution < 1.29 is 93.5 Å². The van der Waals surface area contributed by atoms with Gasteiger partial charge in [-0.2, -0.15) is 0 Å². The van der Waals surface area contributed by atoms with Gasteiger partial charge in [-0.1, -0.05) is 0 Å². The van der Waals surface area contributed by atoms with Crippen molar-refractivity contribution in [2.24, 2.45) is 34.4 Å². The van der Waals surface area contributed by atoms with Gasteiger partial charge in [0, 0.05) is 75.1 Å². The van der Waals surface area contributed by atoms with Gasteiger partial charge in [-0.05, 0) is 38.5 Å². The van der Waals surface area contributed by atoms with Crippen molar-refractivity contribution in [2.75, 3.05) is 39.3 Å². The molecule has 0 aromatic carbocycles. The van der Waals surface area contributed by atoms with Crippen molar-refractivity contribution in [3.05, 3.63) is 0 Å². The molecule has 0 bridgehead atoms. The van der Waals surface area contributed by atoms with Crippen molar-refractivity contribution in [3.8, 4) is 0 Å². The summed E-state index contributed by atoms with van der Waals surface area (Å²) in [5, 5.41) is 57.0. The predicted octanol–water partition coefficient (Wildman–Crippen LogP) is -11.5. The summed E-state index contributed by atoms with van der Waals surface area (Å²) in [7, 11) is 0. The van der Waals surface area contributed by atoms with Crippen LogP contribution in [0.3, 0.4) is 0 Å². The molecule has 0 amide bonds. The Morgan fingerprint density at radius 3 is 0.421 bits per heavy atom. The van der Waals surface area contributed by atoms with Gasteiger partial charge in [0.25, 0.3) is 0 Å². The standard InChI is InChI=1S/3C4H6O4.3C2H8N2.2Fe/c3*5-3(6)1-2-4(7)8;3*3-1-2-4;;/h3*1-2H2,(H,5,6)(H,7,8);3*1-4H2;;/q;;;;;;2*+3/p-6. The molecule has 0 aliphatic carbocycles. The number of carbonyl (C=O) groups excluding carboxylic acids is 6. The topological polar surface area (TPSA) is 397 Å². The smallest absolute Gasteiger partial charge is 0.550 e. The van der Waals surface area contributed by atoms with Crippen LogP contribution >= 0.6 is 0 Å². The molecule has 0 aromatic rings. The van der Waals surface area contributed by atoms with E-state index in [0.717, 1.165) is 0 Å². The van der Waals surface area contributed by atoms with Crippen molar-refractivity contribution in [1.29, 1.82) is 0 Å². The summed E-state index contributed by atoms with van der Waals surface area (Å²) in [5.74, 6) is -8.20. The Hall–Kier alpha value is -2.38. The quantitative estimate of drug-likeness (QED) is 0.108. The number of nitrogens with two attached hydrogens (primary N) is 6. The SMILES string of the molecule is NCCN.NCCN.NCCN.O=C([O-])CCC(=O)[O-].O=C([O-])CCC(=O)[O-].O=C([O-])CCC(=O)[O-].[Fe+3].[Fe+3]. The van der Waals surface area contributed by atoms with E-state index >= 15 is 0 Å². The summed E-state index contributed by atoms with van der Waals surface area (Å²) in [6, 6.07) is 0. The molecular weight excluding hydrogens is 604 g/mol. The molecule has 18 nitrogen and oxygen atoms in total. The number of aliphatic carboxylic acids is 6. The van der Waals surface area contributed by atoms with Crippen LogP contribution in [0.25, 0.3) is 0 Å². The molecule has 0 spiro atoms. The second-order valence-corrected chi connectivity index (χ2v) is 5.46. The van der Waals surface area contributed by atoms with Gasteiger partial charge in [-0.25, -0.2) is 0 Å². The van der Waals surface area contributed by atoms with Gasteiger partial charge >= 0.3 is 34.1 Å². The number of rotatable bonds is 12. The van der Waals surface area contributed by atoms with Crippen LogP contribution in [-0.4, -0.2) is 75.1 Å². The Kier molecular flexibility index (Phi) is 75.5. The normalized spacial score (nSPS) is 7.74. The second-order valence-electron chi connectivity index (χ2n) is 5.46. The first-order chi connectivity index (χ1) is 16.6. The van der Waals surface area contributed by atoms with Gasteiger partial charge in [0.2, 0.25) is 0 Å². The fourth-order valence-corrected chi connectivity index (χ4v) is 0.612. The van der Waals surface area contributed by atoms with Crippen molar-refractivity contribution >= 4 is 35.8 Å². The van der Waals surface area contributed by atoms with Crippen LogP contribution < -0.4 is 65.0 Å². The molecule has 12 N–H and O–H groups in total. The number of carboxylic acid groups (broad SMARTS) is 6. The van der Waals surface area contributed by atoms with E-state index in [4.69, 9.17) is 34.4 Å². The van der Waals surface area contributed by atoms with Gasteiger partial charge < -0.3 is 93.8 Å². The third kappa shape index (κ3) is 147. The Balaban J connectivity index is -0.0000000482. The van der Waals surface area contributed by atoms with Gasteiger partial charge in [0.15, 0.2) is 0 Å². The van der Waals surface area contributed by atoms with Crippen LogP contribution in [0.1, 0.15) is 38.5 Å². The third-order valence-corrected chi connectivity index (χ3v) is 2.10. The first-order valence-electron chi connectivity index (χ1n) is 10.0. The Morgan fingerprint density at radius 2 is 0.395 bits per heavy atom. The molecule has 0 saturated heterocycles. The third-order valence-electron chi connectivity index (χ3n) is 2.10. The zero-order valence-corrected chi connectivity index (χ0v) is 22.8. The zero-order chi connectivity index (χ0) is 29.9. The van der Waals surface area contributed by atoms with E-state index in [9.17, 15) is 59.4 Å². The van der Waals surface area contributed by atoms with Crippen molar-refractivity contribution in [1.82, 2.24) is 0 Å². The summed E-state index contributed by atoms with van der Waals surface area (Å²) in [5.41, 5.74) is 29.4. The van der Waals surface area contributed by atoms with E-state index in [1.807, 2.05) is 0 Å². The van der Waals surface area contributed by atoms with Gasteiger partial charge in [0.05, 0.1) is 0 Å². The molecule has 0 aliphatic rings. The Morgan fingerprint density at radius 1 is 0.316 bits per heavy atom. The minimum absolute atomic E-state index is 0. The maximum Gasteiger partial charge on any atom is 3.00 e. The number of carboxylic acids is 6. The molecular formula is C18H36Fe2N6O12.